The molecule has 0 saturated heterocycles. The van der Waals surface area contributed by atoms with Gasteiger partial charge in [-0.25, -0.2) is 4.39 Å². The van der Waals surface area contributed by atoms with Gasteiger partial charge in [0.15, 0.2) is 0 Å². The molecule has 0 radical (unpaired) electrons. The van der Waals surface area contributed by atoms with Gasteiger partial charge in [0.1, 0.15) is 5.82 Å². The molecule has 23 heavy (non-hydrogen) atoms. The molecule has 120 valence electrons. The predicted molar refractivity (Wildman–Crippen MR) is 91.3 cm³/mol. The first-order valence-electron chi connectivity index (χ1n) is 7.95. The molecular formula is C19H21FN2O. The van der Waals surface area contributed by atoms with Gasteiger partial charge in [-0.15, -0.1) is 0 Å². The van der Waals surface area contributed by atoms with Gasteiger partial charge in [-0.05, 0) is 56.0 Å². The summed E-state index contributed by atoms with van der Waals surface area (Å²) in [6.45, 7) is 4.17. The smallest absolute Gasteiger partial charge is 0.243 e. The number of aryl methyl sites for hydroxylation is 2. The minimum Gasteiger partial charge on any atom is -0.359 e. The van der Waals surface area contributed by atoms with Crippen LogP contribution in [0.5, 0.6) is 0 Å². The molecule has 1 amide bonds. The Labute approximate surface area is 136 Å². The van der Waals surface area contributed by atoms with Crippen LogP contribution >= 0.6 is 0 Å². The molecule has 0 spiro atoms. The van der Waals surface area contributed by atoms with Crippen molar-refractivity contribution in [3.05, 3.63) is 59.4 Å². The highest BCUT2D eigenvalue weighted by molar-refractivity contribution is 5.94. The Morgan fingerprint density at radius 2 is 2.09 bits per heavy atom. The van der Waals surface area contributed by atoms with E-state index in [9.17, 15) is 9.18 Å². The molecule has 0 bridgehead atoms. The molecule has 3 nitrogen and oxygen atoms in total. The van der Waals surface area contributed by atoms with Crippen molar-refractivity contribution in [2.75, 3.05) is 16.8 Å². The first-order valence-corrected chi connectivity index (χ1v) is 7.95. The lowest BCUT2D eigenvalue weighted by Crippen LogP contribution is -2.42. The number of para-hydroxylation sites is 1. The van der Waals surface area contributed by atoms with Crippen molar-refractivity contribution in [1.82, 2.24) is 0 Å². The molecule has 2 aromatic carbocycles. The summed E-state index contributed by atoms with van der Waals surface area (Å²) in [6, 6.07) is 13.3. The molecular weight excluding hydrogens is 291 g/mol. The normalized spacial score (nSPS) is 16.8. The summed E-state index contributed by atoms with van der Waals surface area (Å²) < 4.78 is 13.9. The van der Waals surface area contributed by atoms with Gasteiger partial charge < -0.3 is 10.2 Å². The Hall–Kier alpha value is -2.36. The number of rotatable bonds is 3. The lowest BCUT2D eigenvalue weighted by molar-refractivity contribution is -0.115. The Kier molecular flexibility index (Phi) is 4.33. The van der Waals surface area contributed by atoms with Crippen molar-refractivity contribution in [1.29, 1.82) is 0 Å². The Bertz CT molecular complexity index is 729. The third-order valence-corrected chi connectivity index (χ3v) is 4.38. The average Bonchev–Trinajstić information content (AvgIpc) is 2.53. The van der Waals surface area contributed by atoms with Crippen molar-refractivity contribution in [2.24, 2.45) is 0 Å². The zero-order chi connectivity index (χ0) is 16.4. The number of halogens is 1. The van der Waals surface area contributed by atoms with Crippen LogP contribution in [0, 0.1) is 12.7 Å². The van der Waals surface area contributed by atoms with E-state index in [0.717, 1.165) is 24.1 Å². The minimum absolute atomic E-state index is 0.198. The van der Waals surface area contributed by atoms with Crippen molar-refractivity contribution < 1.29 is 9.18 Å². The number of carbonyl (C=O) groups is 1. The molecule has 0 aromatic heterocycles. The number of hydrogen-bond acceptors (Lipinski definition) is 2. The van der Waals surface area contributed by atoms with Gasteiger partial charge in [-0.2, -0.15) is 0 Å². The van der Waals surface area contributed by atoms with E-state index in [1.807, 2.05) is 25.1 Å². The van der Waals surface area contributed by atoms with E-state index in [2.05, 4.69) is 23.2 Å². The molecule has 1 atom stereocenters. The van der Waals surface area contributed by atoms with E-state index in [4.69, 9.17) is 0 Å². The van der Waals surface area contributed by atoms with Crippen molar-refractivity contribution in [2.45, 2.75) is 32.7 Å². The number of carbonyl (C=O) groups excluding carboxylic acids is 1. The topological polar surface area (TPSA) is 32.3 Å². The quantitative estimate of drug-likeness (QED) is 0.932. The van der Waals surface area contributed by atoms with Crippen LogP contribution in [0.1, 0.15) is 24.5 Å². The second-order valence-corrected chi connectivity index (χ2v) is 6.18. The minimum atomic E-state index is -0.398. The fourth-order valence-electron chi connectivity index (χ4n) is 3.07. The summed E-state index contributed by atoms with van der Waals surface area (Å²) in [4.78, 5) is 14.5. The molecule has 3 rings (SSSR count). The van der Waals surface area contributed by atoms with Crippen LogP contribution in [-0.4, -0.2) is 18.5 Å². The van der Waals surface area contributed by atoms with Gasteiger partial charge in [0.2, 0.25) is 5.91 Å². The van der Waals surface area contributed by atoms with Crippen LogP contribution in [0.3, 0.4) is 0 Å². The Morgan fingerprint density at radius 3 is 2.87 bits per heavy atom. The molecule has 1 aliphatic rings. The molecule has 1 aliphatic heterocycles. The zero-order valence-electron chi connectivity index (χ0n) is 13.5. The van der Waals surface area contributed by atoms with Crippen LogP contribution in [0.15, 0.2) is 42.5 Å². The maximum Gasteiger partial charge on any atom is 0.243 e. The molecule has 1 N–H and O–H groups in total. The fourth-order valence-corrected chi connectivity index (χ4v) is 3.07. The molecule has 0 aliphatic carbocycles. The van der Waals surface area contributed by atoms with Gasteiger partial charge in [0.05, 0.1) is 12.2 Å². The summed E-state index contributed by atoms with van der Waals surface area (Å²) in [6.07, 6.45) is 2.05. The standard InChI is InChI=1S/C19H21FN2O/c1-13-7-10-17(16(20)11-13)21-19(23)12-22-14(2)8-9-15-5-3-4-6-18(15)22/h3-7,10-11,14H,8-9,12H2,1-2H3,(H,21,23)/t14-/m1/s1. The Balaban J connectivity index is 1.75. The van der Waals surface area contributed by atoms with Gasteiger partial charge >= 0.3 is 0 Å². The highest BCUT2D eigenvalue weighted by Crippen LogP contribution is 2.30. The van der Waals surface area contributed by atoms with Gasteiger partial charge in [0.25, 0.3) is 0 Å². The van der Waals surface area contributed by atoms with Crippen molar-refractivity contribution in [3.8, 4) is 0 Å². The second-order valence-electron chi connectivity index (χ2n) is 6.18. The van der Waals surface area contributed by atoms with Crippen molar-refractivity contribution in [3.63, 3.8) is 0 Å². The van der Waals surface area contributed by atoms with Crippen LogP contribution < -0.4 is 10.2 Å². The van der Waals surface area contributed by atoms with E-state index in [-0.39, 0.29) is 18.1 Å². The summed E-state index contributed by atoms with van der Waals surface area (Å²) in [7, 11) is 0. The number of hydrogen-bond donors (Lipinski definition) is 1. The number of nitrogens with one attached hydrogen (secondary N) is 1. The SMILES string of the molecule is Cc1ccc(NC(=O)CN2c3ccccc3CC[C@H]2C)c(F)c1. The van der Waals surface area contributed by atoms with Crippen LogP contribution in [0.4, 0.5) is 15.8 Å². The molecule has 1 heterocycles. The average molecular weight is 312 g/mol. The summed E-state index contributed by atoms with van der Waals surface area (Å²) in [5, 5.41) is 2.68. The zero-order valence-corrected chi connectivity index (χ0v) is 13.5. The monoisotopic (exact) mass is 312 g/mol. The molecule has 0 fully saturated rings. The van der Waals surface area contributed by atoms with Crippen LogP contribution in [0.25, 0.3) is 0 Å². The number of nitrogens with zero attached hydrogens (tertiary/aromatic N) is 1. The van der Waals surface area contributed by atoms with Crippen molar-refractivity contribution >= 4 is 17.3 Å². The van der Waals surface area contributed by atoms with E-state index in [0.29, 0.717) is 6.04 Å². The fraction of sp³-hybridized carbons (Fsp3) is 0.316. The number of amides is 1. The van der Waals surface area contributed by atoms with E-state index in [1.165, 1.54) is 11.6 Å². The highest BCUT2D eigenvalue weighted by Gasteiger charge is 2.24. The molecule has 0 unspecified atom stereocenters. The second kappa shape index (κ2) is 6.41. The third kappa shape index (κ3) is 3.36. The highest BCUT2D eigenvalue weighted by atomic mass is 19.1. The Morgan fingerprint density at radius 1 is 1.30 bits per heavy atom. The van der Waals surface area contributed by atoms with Gasteiger partial charge in [-0.1, -0.05) is 24.3 Å². The first kappa shape index (κ1) is 15.5. The molecule has 0 saturated carbocycles. The van der Waals surface area contributed by atoms with Crippen LogP contribution in [0.2, 0.25) is 0 Å². The summed E-state index contributed by atoms with van der Waals surface area (Å²) in [5.74, 6) is -0.596. The van der Waals surface area contributed by atoms with Gasteiger partial charge in [0, 0.05) is 11.7 Å². The summed E-state index contributed by atoms with van der Waals surface area (Å²) >= 11 is 0. The van der Waals surface area contributed by atoms with E-state index < -0.39 is 5.82 Å². The first-order chi connectivity index (χ1) is 11.0. The molecule has 2 aromatic rings. The van der Waals surface area contributed by atoms with Crippen LogP contribution in [-0.2, 0) is 11.2 Å². The lowest BCUT2D eigenvalue weighted by atomic mass is 9.96. The summed E-state index contributed by atoms with van der Waals surface area (Å²) in [5.41, 5.74) is 3.43. The van der Waals surface area contributed by atoms with E-state index >= 15 is 0 Å². The largest absolute Gasteiger partial charge is 0.359 e. The lowest BCUT2D eigenvalue weighted by Gasteiger charge is -2.36. The number of benzene rings is 2. The van der Waals surface area contributed by atoms with E-state index in [1.54, 1.807) is 12.1 Å². The predicted octanol–water partition coefficient (Wildman–Crippen LogP) is 3.91. The molecule has 4 heteroatoms. The number of fused-ring (bicyclic) bond motifs is 1. The third-order valence-electron chi connectivity index (χ3n) is 4.38. The maximum absolute atomic E-state index is 13.9. The maximum atomic E-state index is 13.9. The van der Waals surface area contributed by atoms with Gasteiger partial charge in [-0.3, -0.25) is 4.79 Å². The number of anilines is 2.